The summed E-state index contributed by atoms with van der Waals surface area (Å²) in [5, 5.41) is 0. The molecule has 0 atom stereocenters. The monoisotopic (exact) mass is 330 g/mol. The number of ether oxygens (including phenoxy) is 2. The third-order valence-corrected chi connectivity index (χ3v) is 4.20. The number of hydrogen-bond donors (Lipinski definition) is 0. The number of rotatable bonds is 0. The molecule has 0 saturated heterocycles. The molecule has 3 nitrogen and oxygen atoms in total. The van der Waals surface area contributed by atoms with Crippen molar-refractivity contribution in [2.45, 2.75) is 12.8 Å². The van der Waals surface area contributed by atoms with E-state index >= 15 is 0 Å². The fourth-order valence-corrected chi connectivity index (χ4v) is 3.06. The van der Waals surface area contributed by atoms with Gasteiger partial charge in [0.15, 0.2) is 5.78 Å². The van der Waals surface area contributed by atoms with Crippen LogP contribution in [0.1, 0.15) is 23.2 Å². The molecule has 4 rings (SSSR count). The number of carbonyl (C=O) groups excluding carboxylic acids is 1. The number of hydrogen-bond acceptors (Lipinski definition) is 3. The highest BCUT2D eigenvalue weighted by molar-refractivity contribution is 9.10. The Morgan fingerprint density at radius 1 is 1.20 bits per heavy atom. The van der Waals surface area contributed by atoms with Crippen LogP contribution in [0.15, 0.2) is 57.5 Å². The van der Waals surface area contributed by atoms with Crippen molar-refractivity contribution in [1.29, 1.82) is 0 Å². The van der Waals surface area contributed by atoms with Gasteiger partial charge in [-0.15, -0.1) is 0 Å². The van der Waals surface area contributed by atoms with Gasteiger partial charge in [-0.25, -0.2) is 0 Å². The first-order valence-corrected chi connectivity index (χ1v) is 7.29. The first kappa shape index (κ1) is 12.0. The van der Waals surface area contributed by atoms with Gasteiger partial charge in [-0.05, 0) is 35.9 Å². The minimum absolute atomic E-state index is 0.0262. The highest BCUT2D eigenvalue weighted by Gasteiger charge is 2.28. The summed E-state index contributed by atoms with van der Waals surface area (Å²) in [5.74, 6) is 2.33. The maximum Gasteiger partial charge on any atom is 0.190 e. The predicted molar refractivity (Wildman–Crippen MR) is 77.5 cm³/mol. The second-order valence-electron chi connectivity index (χ2n) is 5.01. The average Bonchev–Trinajstić information content (AvgIpc) is 2.82. The molecule has 2 heterocycles. The van der Waals surface area contributed by atoms with Crippen LogP contribution in [0.25, 0.3) is 0 Å². The maximum absolute atomic E-state index is 12.3. The lowest BCUT2D eigenvalue weighted by molar-refractivity contribution is 0.104. The zero-order valence-electron chi connectivity index (χ0n) is 10.6. The van der Waals surface area contributed by atoms with Gasteiger partial charge in [-0.2, -0.15) is 0 Å². The fraction of sp³-hybridized carbons (Fsp3) is 0.188. The summed E-state index contributed by atoms with van der Waals surface area (Å²) < 4.78 is 12.4. The van der Waals surface area contributed by atoms with Crippen LogP contribution in [0.2, 0.25) is 0 Å². The molecule has 1 aromatic carbocycles. The van der Waals surface area contributed by atoms with E-state index in [1.807, 2.05) is 18.2 Å². The molecule has 0 N–H and O–H groups in total. The molecule has 20 heavy (non-hydrogen) atoms. The third-order valence-electron chi connectivity index (χ3n) is 3.71. The molecular weight excluding hydrogens is 320 g/mol. The predicted octanol–water partition coefficient (Wildman–Crippen LogP) is 3.91. The van der Waals surface area contributed by atoms with E-state index in [-0.39, 0.29) is 5.78 Å². The Morgan fingerprint density at radius 3 is 3.00 bits per heavy atom. The lowest BCUT2D eigenvalue weighted by atomic mass is 9.97. The van der Waals surface area contributed by atoms with Crippen LogP contribution < -0.4 is 4.74 Å². The van der Waals surface area contributed by atoms with Crippen molar-refractivity contribution in [2.24, 2.45) is 0 Å². The Morgan fingerprint density at radius 2 is 2.10 bits per heavy atom. The van der Waals surface area contributed by atoms with Crippen molar-refractivity contribution in [3.05, 3.63) is 63.1 Å². The smallest absolute Gasteiger partial charge is 0.190 e. The molecule has 2 aliphatic heterocycles. The van der Waals surface area contributed by atoms with E-state index in [0.29, 0.717) is 17.7 Å². The van der Waals surface area contributed by atoms with Crippen LogP contribution >= 0.6 is 15.9 Å². The van der Waals surface area contributed by atoms with Crippen LogP contribution in [-0.2, 0) is 4.74 Å². The SMILES string of the molecule is O=C1C=C2CC3=C(C=C2Oc2ccc(Br)cc21)CCO3. The van der Waals surface area contributed by atoms with Crippen molar-refractivity contribution in [1.82, 2.24) is 0 Å². The van der Waals surface area contributed by atoms with Gasteiger partial charge in [0.2, 0.25) is 0 Å². The number of allylic oxidation sites excluding steroid dienone is 4. The first-order chi connectivity index (χ1) is 9.70. The van der Waals surface area contributed by atoms with Gasteiger partial charge in [0.05, 0.1) is 12.2 Å². The van der Waals surface area contributed by atoms with E-state index in [2.05, 4.69) is 15.9 Å². The van der Waals surface area contributed by atoms with Gasteiger partial charge in [0.25, 0.3) is 0 Å². The molecule has 1 aromatic rings. The molecule has 4 heteroatoms. The van der Waals surface area contributed by atoms with Gasteiger partial charge < -0.3 is 9.47 Å². The van der Waals surface area contributed by atoms with Crippen LogP contribution in [0.5, 0.6) is 5.75 Å². The molecule has 1 aliphatic carbocycles. The second-order valence-corrected chi connectivity index (χ2v) is 5.92. The van der Waals surface area contributed by atoms with Gasteiger partial charge in [0, 0.05) is 22.9 Å². The topological polar surface area (TPSA) is 35.5 Å². The summed E-state index contributed by atoms with van der Waals surface area (Å²) >= 11 is 3.39. The Balaban J connectivity index is 1.84. The highest BCUT2D eigenvalue weighted by atomic mass is 79.9. The lowest BCUT2D eigenvalue weighted by Crippen LogP contribution is -2.05. The second kappa shape index (κ2) is 4.35. The minimum atomic E-state index is -0.0262. The van der Waals surface area contributed by atoms with Crippen LogP contribution in [0, 0.1) is 0 Å². The van der Waals surface area contributed by atoms with Crippen LogP contribution in [-0.4, -0.2) is 12.4 Å². The first-order valence-electron chi connectivity index (χ1n) is 6.50. The average molecular weight is 331 g/mol. The largest absolute Gasteiger partial charge is 0.497 e. The van der Waals surface area contributed by atoms with Crippen LogP contribution in [0.4, 0.5) is 0 Å². The number of fused-ring (bicyclic) bond motifs is 2. The molecule has 0 bridgehead atoms. The number of halogens is 1. The van der Waals surface area contributed by atoms with Gasteiger partial charge in [-0.3, -0.25) is 4.79 Å². The third kappa shape index (κ3) is 1.83. The van der Waals surface area contributed by atoms with Gasteiger partial charge >= 0.3 is 0 Å². The lowest BCUT2D eigenvalue weighted by Gasteiger charge is -2.17. The van der Waals surface area contributed by atoms with Crippen molar-refractivity contribution in [3.63, 3.8) is 0 Å². The molecule has 3 aliphatic rings. The Bertz CT molecular complexity index is 725. The Labute approximate surface area is 124 Å². The van der Waals surface area contributed by atoms with Gasteiger partial charge in [-0.1, -0.05) is 15.9 Å². The highest BCUT2D eigenvalue weighted by Crippen LogP contribution is 2.39. The van der Waals surface area contributed by atoms with E-state index in [1.165, 1.54) is 5.57 Å². The number of carbonyl (C=O) groups is 1. The molecule has 0 aromatic heterocycles. The number of benzene rings is 1. The van der Waals surface area contributed by atoms with E-state index < -0.39 is 0 Å². The van der Waals surface area contributed by atoms with Crippen molar-refractivity contribution >= 4 is 21.7 Å². The van der Waals surface area contributed by atoms with Gasteiger partial charge in [0.1, 0.15) is 17.3 Å². The van der Waals surface area contributed by atoms with Crippen molar-refractivity contribution in [2.75, 3.05) is 6.61 Å². The summed E-state index contributed by atoms with van der Waals surface area (Å²) in [5.41, 5.74) is 2.66. The summed E-state index contributed by atoms with van der Waals surface area (Å²) in [6.45, 7) is 0.721. The quantitative estimate of drug-likeness (QED) is 0.723. The maximum atomic E-state index is 12.3. The fourth-order valence-electron chi connectivity index (χ4n) is 2.70. The summed E-state index contributed by atoms with van der Waals surface area (Å²) in [4.78, 5) is 12.3. The van der Waals surface area contributed by atoms with Crippen molar-refractivity contribution < 1.29 is 14.3 Å². The molecule has 0 saturated carbocycles. The molecule has 0 spiro atoms. The number of ketones is 1. The van der Waals surface area contributed by atoms with Crippen molar-refractivity contribution in [3.8, 4) is 5.75 Å². The van der Waals surface area contributed by atoms with E-state index in [1.54, 1.807) is 12.1 Å². The molecular formula is C16H11BrO3. The van der Waals surface area contributed by atoms with E-state index in [9.17, 15) is 4.79 Å². The molecule has 0 radical (unpaired) electrons. The Kier molecular flexibility index (Phi) is 2.60. The molecule has 0 fully saturated rings. The molecule has 0 amide bonds. The molecule has 100 valence electrons. The van der Waals surface area contributed by atoms with Crippen LogP contribution in [0.3, 0.4) is 0 Å². The zero-order valence-corrected chi connectivity index (χ0v) is 12.2. The van der Waals surface area contributed by atoms with E-state index in [4.69, 9.17) is 9.47 Å². The summed E-state index contributed by atoms with van der Waals surface area (Å²) in [6, 6.07) is 5.50. The molecule has 0 unspecified atom stereocenters. The standard InChI is InChI=1S/C16H11BrO3/c17-11-1-2-14-12(8-11)13(18)5-10-7-15-9(3-4-19-15)6-16(10)20-14/h1-2,5-6,8H,3-4,7H2. The minimum Gasteiger partial charge on any atom is -0.497 e. The summed E-state index contributed by atoms with van der Waals surface area (Å²) in [7, 11) is 0. The Hall–Kier alpha value is -1.81. The van der Waals surface area contributed by atoms with E-state index in [0.717, 1.165) is 34.6 Å². The zero-order chi connectivity index (χ0) is 13.7. The normalized spacial score (nSPS) is 19.9. The summed E-state index contributed by atoms with van der Waals surface area (Å²) in [6.07, 6.45) is 5.22.